The molecule has 4 aromatic rings. The lowest BCUT2D eigenvalue weighted by molar-refractivity contribution is -0.138. The van der Waals surface area contributed by atoms with E-state index in [1.54, 1.807) is 14.0 Å². The van der Waals surface area contributed by atoms with Crippen molar-refractivity contribution in [1.29, 1.82) is 0 Å². The van der Waals surface area contributed by atoms with Gasteiger partial charge in [0.25, 0.3) is 0 Å². The number of esters is 1. The van der Waals surface area contributed by atoms with Gasteiger partial charge in [0.05, 0.1) is 25.1 Å². The Balaban J connectivity index is 1.38. The molecule has 218 valence electrons. The van der Waals surface area contributed by atoms with Gasteiger partial charge in [0.1, 0.15) is 18.1 Å². The van der Waals surface area contributed by atoms with Gasteiger partial charge in [-0.15, -0.1) is 0 Å². The van der Waals surface area contributed by atoms with Crippen molar-refractivity contribution in [3.05, 3.63) is 100 Å². The molecule has 1 aliphatic rings. The summed E-state index contributed by atoms with van der Waals surface area (Å²) in [5, 5.41) is 5.60. The number of benzene rings is 3. The highest BCUT2D eigenvalue weighted by Crippen LogP contribution is 2.35. The van der Waals surface area contributed by atoms with Crippen molar-refractivity contribution in [3.63, 3.8) is 0 Å². The van der Waals surface area contributed by atoms with Gasteiger partial charge in [0.15, 0.2) is 0 Å². The molecule has 1 saturated carbocycles. The van der Waals surface area contributed by atoms with Crippen LogP contribution in [0.5, 0.6) is 11.5 Å². The number of carbonyl (C=O) groups excluding carboxylic acids is 1. The summed E-state index contributed by atoms with van der Waals surface area (Å²) in [6.45, 7) is 4.31. The first-order chi connectivity index (χ1) is 20.4. The van der Waals surface area contributed by atoms with E-state index in [4.69, 9.17) is 30.9 Å². The van der Waals surface area contributed by atoms with Gasteiger partial charge in [0.2, 0.25) is 0 Å². The summed E-state index contributed by atoms with van der Waals surface area (Å²) in [7, 11) is 1.66. The van der Waals surface area contributed by atoms with Crippen LogP contribution in [0.1, 0.15) is 68.8 Å². The number of methoxy groups -OCH3 is 1. The molecule has 1 fully saturated rings. The SMILES string of the molecule is CCOC(=O)C(C)=Cc1cc(C2CCCCC2)n(-c2ccc(OCc3cc(OC)ccc3-c3ccc(Cl)cc3)cc2)n1. The number of rotatable bonds is 10. The monoisotopic (exact) mass is 584 g/mol. The topological polar surface area (TPSA) is 62.6 Å². The molecule has 7 heteroatoms. The number of aromatic nitrogens is 2. The summed E-state index contributed by atoms with van der Waals surface area (Å²) < 4.78 is 18.9. The van der Waals surface area contributed by atoms with E-state index in [1.165, 1.54) is 25.0 Å². The van der Waals surface area contributed by atoms with Gasteiger partial charge in [0, 0.05) is 27.8 Å². The molecular weight excluding hydrogens is 548 g/mol. The third-order valence-corrected chi connectivity index (χ3v) is 7.94. The summed E-state index contributed by atoms with van der Waals surface area (Å²) >= 11 is 6.11. The van der Waals surface area contributed by atoms with Crippen molar-refractivity contribution >= 4 is 23.6 Å². The lowest BCUT2D eigenvalue weighted by atomic mass is 9.86. The molecule has 0 N–H and O–H groups in total. The van der Waals surface area contributed by atoms with Crippen molar-refractivity contribution < 1.29 is 19.0 Å². The van der Waals surface area contributed by atoms with E-state index >= 15 is 0 Å². The molecule has 1 aromatic heterocycles. The Kier molecular flexibility index (Phi) is 9.65. The minimum Gasteiger partial charge on any atom is -0.497 e. The first kappa shape index (κ1) is 29.5. The third kappa shape index (κ3) is 7.05. The summed E-state index contributed by atoms with van der Waals surface area (Å²) in [6.07, 6.45) is 7.81. The van der Waals surface area contributed by atoms with Crippen LogP contribution in [0.15, 0.2) is 78.4 Å². The smallest absolute Gasteiger partial charge is 0.333 e. The van der Waals surface area contributed by atoms with Crippen molar-refractivity contribution in [1.82, 2.24) is 9.78 Å². The second-order valence-corrected chi connectivity index (χ2v) is 11.0. The highest BCUT2D eigenvalue weighted by Gasteiger charge is 2.22. The Labute approximate surface area is 252 Å². The summed E-state index contributed by atoms with van der Waals surface area (Å²) in [4.78, 5) is 12.2. The molecular formula is C35H37ClN2O4. The zero-order valence-corrected chi connectivity index (χ0v) is 25.2. The Morgan fingerprint density at radius 1 is 0.976 bits per heavy atom. The Hall–Kier alpha value is -4.03. The molecule has 5 rings (SSSR count). The summed E-state index contributed by atoms with van der Waals surface area (Å²) in [5.74, 6) is 1.65. The zero-order chi connectivity index (χ0) is 29.5. The molecule has 0 bridgehead atoms. The molecule has 0 aliphatic heterocycles. The van der Waals surface area contributed by atoms with Crippen LogP contribution in [0.2, 0.25) is 5.02 Å². The number of hydrogen-bond acceptors (Lipinski definition) is 5. The average molecular weight is 585 g/mol. The fourth-order valence-corrected chi connectivity index (χ4v) is 5.61. The maximum absolute atomic E-state index is 12.2. The van der Waals surface area contributed by atoms with E-state index in [0.29, 0.717) is 29.7 Å². The predicted molar refractivity (Wildman–Crippen MR) is 167 cm³/mol. The maximum atomic E-state index is 12.2. The molecule has 6 nitrogen and oxygen atoms in total. The van der Waals surface area contributed by atoms with E-state index in [-0.39, 0.29) is 5.97 Å². The van der Waals surface area contributed by atoms with Gasteiger partial charge < -0.3 is 14.2 Å². The summed E-state index contributed by atoms with van der Waals surface area (Å²) in [5.41, 5.74) is 6.57. The van der Waals surface area contributed by atoms with Gasteiger partial charge in [-0.3, -0.25) is 0 Å². The highest BCUT2D eigenvalue weighted by atomic mass is 35.5. The fraction of sp³-hybridized carbons (Fsp3) is 0.314. The molecule has 3 aromatic carbocycles. The van der Waals surface area contributed by atoms with Crippen LogP contribution in [0.3, 0.4) is 0 Å². The molecule has 0 amide bonds. The van der Waals surface area contributed by atoms with Crippen LogP contribution in [0.25, 0.3) is 22.9 Å². The average Bonchev–Trinajstić information content (AvgIpc) is 3.45. The van der Waals surface area contributed by atoms with E-state index in [2.05, 4.69) is 6.07 Å². The number of hydrogen-bond donors (Lipinski definition) is 0. The maximum Gasteiger partial charge on any atom is 0.333 e. The molecule has 1 aliphatic carbocycles. The van der Waals surface area contributed by atoms with E-state index in [0.717, 1.165) is 52.4 Å². The second-order valence-electron chi connectivity index (χ2n) is 10.6. The highest BCUT2D eigenvalue weighted by molar-refractivity contribution is 6.30. The first-order valence-electron chi connectivity index (χ1n) is 14.6. The van der Waals surface area contributed by atoms with Crippen molar-refractivity contribution in [2.45, 2.75) is 58.5 Å². The van der Waals surface area contributed by atoms with E-state index < -0.39 is 0 Å². The van der Waals surface area contributed by atoms with Gasteiger partial charge in [-0.05, 0) is 98.5 Å². The number of nitrogens with zero attached hydrogens (tertiary/aromatic N) is 2. The molecule has 0 saturated heterocycles. The third-order valence-electron chi connectivity index (χ3n) is 7.68. The normalized spacial score (nSPS) is 14.0. The predicted octanol–water partition coefficient (Wildman–Crippen LogP) is 8.79. The minimum absolute atomic E-state index is 0.317. The van der Waals surface area contributed by atoms with E-state index in [9.17, 15) is 4.79 Å². The van der Waals surface area contributed by atoms with Crippen LogP contribution in [-0.4, -0.2) is 29.5 Å². The van der Waals surface area contributed by atoms with Crippen LogP contribution in [-0.2, 0) is 16.1 Å². The van der Waals surface area contributed by atoms with Gasteiger partial charge in [-0.2, -0.15) is 5.10 Å². The lowest BCUT2D eigenvalue weighted by Gasteiger charge is -2.22. The van der Waals surface area contributed by atoms with Crippen LogP contribution < -0.4 is 9.47 Å². The molecule has 42 heavy (non-hydrogen) atoms. The Morgan fingerprint density at radius 3 is 2.38 bits per heavy atom. The van der Waals surface area contributed by atoms with Crippen molar-refractivity contribution in [2.24, 2.45) is 0 Å². The largest absolute Gasteiger partial charge is 0.497 e. The lowest BCUT2D eigenvalue weighted by Crippen LogP contribution is -2.11. The summed E-state index contributed by atoms with van der Waals surface area (Å²) in [6, 6.07) is 23.9. The standard InChI is InChI=1S/C35H37ClN2O4/c1-4-41-35(39)24(2)20-29-22-34(26-8-6-5-7-9-26)38(37-29)30-14-16-31(17-15-30)42-23-27-21-32(40-3)18-19-33(27)25-10-12-28(36)13-11-25/h10-22,26H,4-9,23H2,1-3H3. The second kappa shape index (κ2) is 13.8. The molecule has 0 atom stereocenters. The number of carbonyl (C=O) groups is 1. The van der Waals surface area contributed by atoms with Gasteiger partial charge >= 0.3 is 5.97 Å². The van der Waals surface area contributed by atoms with Gasteiger partial charge in [-0.25, -0.2) is 9.48 Å². The quantitative estimate of drug-likeness (QED) is 0.138. The van der Waals surface area contributed by atoms with Crippen LogP contribution in [0.4, 0.5) is 0 Å². The van der Waals surface area contributed by atoms with E-state index in [1.807, 2.05) is 84.4 Å². The number of halogens is 1. The Morgan fingerprint density at radius 2 is 1.69 bits per heavy atom. The minimum atomic E-state index is -0.317. The first-order valence-corrected chi connectivity index (χ1v) is 14.9. The Bertz CT molecular complexity index is 1530. The number of ether oxygens (including phenoxy) is 3. The fourth-order valence-electron chi connectivity index (χ4n) is 5.48. The van der Waals surface area contributed by atoms with Crippen molar-refractivity contribution in [3.8, 4) is 28.3 Å². The van der Waals surface area contributed by atoms with Crippen LogP contribution >= 0.6 is 11.6 Å². The van der Waals surface area contributed by atoms with Gasteiger partial charge in [-0.1, -0.05) is 49.1 Å². The van der Waals surface area contributed by atoms with Crippen LogP contribution in [0, 0.1) is 0 Å². The molecule has 0 radical (unpaired) electrons. The molecule has 1 heterocycles. The van der Waals surface area contributed by atoms with Crippen molar-refractivity contribution in [2.75, 3.05) is 13.7 Å². The molecule has 0 unspecified atom stereocenters. The molecule has 0 spiro atoms. The zero-order valence-electron chi connectivity index (χ0n) is 24.4.